The molecule has 0 aliphatic carbocycles. The van der Waals surface area contributed by atoms with Crippen molar-refractivity contribution in [3.8, 4) is 51.0 Å². The van der Waals surface area contributed by atoms with Gasteiger partial charge in [-0.25, -0.2) is 15.0 Å². The van der Waals surface area contributed by atoms with Crippen LogP contribution in [-0.2, 0) is 0 Å². The first-order chi connectivity index (χ1) is 40.7. The van der Waals surface area contributed by atoms with Crippen LogP contribution in [0.15, 0.2) is 8.83 Å². The fourth-order valence-electron chi connectivity index (χ4n) is 16.1. The Kier molecular flexibility index (Phi) is 14.7. The van der Waals surface area contributed by atoms with Crippen LogP contribution in [0.4, 0.5) is 0 Å². The van der Waals surface area contributed by atoms with Crippen LogP contribution in [0.1, 0.15) is 0 Å². The van der Waals surface area contributed by atoms with Crippen LogP contribution in [-0.4, -0.2) is 255 Å². The maximum absolute atomic E-state index is 7.81. The Morgan fingerprint density at radius 3 is 0.931 bits per heavy atom. The average molecular weight is 1090 g/mol. The number of fused-ring (bicyclic) bond motifs is 9. The predicted octanol–water partition coefficient (Wildman–Crippen LogP) is -38.8. The van der Waals surface area contributed by atoms with Crippen LogP contribution < -0.4 is 164 Å². The zero-order chi connectivity index (χ0) is 63.6. The number of aromatic nitrogens is 4. The first-order valence-electron chi connectivity index (χ1n) is 31.6. The lowest BCUT2D eigenvalue weighted by molar-refractivity contribution is 0.670. The third-order valence-corrected chi connectivity index (χ3v) is 23.8. The maximum Gasteiger partial charge on any atom is 0.164 e. The number of hydrogen-bond donors (Lipinski definition) is 0. The molecule has 0 saturated heterocycles. The van der Waals surface area contributed by atoms with Gasteiger partial charge in [-0.3, -0.25) is 0 Å². The molecule has 0 aliphatic rings. The highest BCUT2D eigenvalue weighted by Gasteiger charge is 2.33. The number of rotatable bonds is 5. The molecule has 0 saturated carbocycles. The molecule has 4 heterocycles. The van der Waals surface area contributed by atoms with Crippen LogP contribution >= 0.6 is 0 Å². The summed E-state index contributed by atoms with van der Waals surface area (Å²) in [5.74, 6) is 1.94. The first-order valence-corrected chi connectivity index (χ1v) is 31.6. The summed E-state index contributed by atoms with van der Waals surface area (Å²) in [5.41, 5.74) is 50.5. The predicted molar refractivity (Wildman–Crippen MR) is 476 cm³/mol. The van der Waals surface area contributed by atoms with E-state index in [-0.39, 0.29) is 0 Å². The van der Waals surface area contributed by atoms with Gasteiger partial charge in [0.05, 0.1) is 5.69 Å². The van der Waals surface area contributed by atoms with Gasteiger partial charge in [-0.05, 0) is 22.0 Å². The van der Waals surface area contributed by atoms with Crippen LogP contribution in [0.25, 0.3) is 117 Å². The van der Waals surface area contributed by atoms with Gasteiger partial charge in [0.15, 0.2) is 23.1 Å². The Morgan fingerprint density at radius 1 is 0.184 bits per heavy atom. The highest BCUT2D eigenvalue weighted by atomic mass is 16.3. The molecule has 6 nitrogen and oxygen atoms in total. The third kappa shape index (κ3) is 8.07. The first kappa shape index (κ1) is 61.4. The third-order valence-electron chi connectivity index (χ3n) is 23.8. The van der Waals surface area contributed by atoms with Gasteiger partial charge in [-0.2, -0.15) is 0 Å². The number of furan rings is 2. The monoisotopic (exact) mass is 1090 g/mol. The molecule has 0 aliphatic heterocycles. The molecule has 8 aromatic carbocycles. The molecule has 0 unspecified atom stereocenters. The van der Waals surface area contributed by atoms with E-state index in [0.29, 0.717) is 17.5 Å². The van der Waals surface area contributed by atoms with Crippen LogP contribution in [0.5, 0.6) is 0 Å². The van der Waals surface area contributed by atoms with Gasteiger partial charge in [0.25, 0.3) is 0 Å². The summed E-state index contributed by atoms with van der Waals surface area (Å²) in [6.45, 7) is 0. The lowest BCUT2D eigenvalue weighted by atomic mass is 9.57. The highest BCUT2D eigenvalue weighted by Crippen LogP contribution is 2.38. The number of hydrogen-bond acceptors (Lipinski definition) is 5. The molecular weight excluding hydrogens is 1020 g/mol. The van der Waals surface area contributed by atoms with Gasteiger partial charge in [0, 0.05) is 54.7 Å². The normalized spacial score (nSPS) is 11.9. The summed E-state index contributed by atoms with van der Waals surface area (Å²) in [7, 11) is 68.5. The highest BCUT2D eigenvalue weighted by molar-refractivity contribution is 6.75. The summed E-state index contributed by atoms with van der Waals surface area (Å²) in [6.07, 6.45) is 0. The lowest BCUT2D eigenvalue weighted by Gasteiger charge is -2.26. The molecule has 87 heavy (non-hydrogen) atoms. The molecule has 36 heteroatoms. The fourth-order valence-corrected chi connectivity index (χ4v) is 16.1. The molecule has 386 valence electrons. The fraction of sp³-hybridized carbons (Fsp3) is 0. The molecule has 0 bridgehead atoms. The smallest absolute Gasteiger partial charge is 0.164 e. The SMILES string of the molecule is Bc1c(B)c(B)c(-c2nc(-c3c(B)c(B)c4c(oc5c(B)c(B)c(B)c(B)c54)c3B)nc(-c3c(B)c(B)c(B)c4oc5c(-n6c7c(B)c(B)c(B)c(B)c7c7c(B)c(-c8c(B)c(B)c(B)c(B)c8B)c(B)c(B)c76)c(B)c(B)c(B)c5c34)n2)c(B)c1B. The van der Waals surface area contributed by atoms with Gasteiger partial charge in [0.1, 0.15) is 252 Å². The second-order valence-electron chi connectivity index (χ2n) is 27.1. The van der Waals surface area contributed by atoms with E-state index in [9.17, 15) is 0 Å². The topological polar surface area (TPSA) is 69.9 Å². The molecule has 0 N–H and O–H groups in total. The van der Waals surface area contributed by atoms with Crippen molar-refractivity contribution in [2.75, 3.05) is 0 Å². The number of nitrogens with zero attached hydrogens (tertiary/aromatic N) is 4. The Morgan fingerprint density at radius 2 is 0.437 bits per heavy atom. The maximum atomic E-state index is 7.81. The van der Waals surface area contributed by atoms with Crippen molar-refractivity contribution < 1.29 is 8.83 Å². The van der Waals surface area contributed by atoms with E-state index < -0.39 is 0 Å². The molecular formula is C51H60B30N4O2. The Balaban J connectivity index is 1.26. The summed E-state index contributed by atoms with van der Waals surface area (Å²) >= 11 is 0. The Labute approximate surface area is 540 Å². The van der Waals surface area contributed by atoms with Gasteiger partial charge in [-0.15, -0.1) is 43.7 Å². The van der Waals surface area contributed by atoms with Crippen LogP contribution in [0.2, 0.25) is 0 Å². The summed E-state index contributed by atoms with van der Waals surface area (Å²) in [4.78, 5) is 17.3. The minimum Gasteiger partial charge on any atom is -0.457 e. The molecule has 0 radical (unpaired) electrons. The van der Waals surface area contributed by atoms with Crippen LogP contribution in [0, 0.1) is 0 Å². The molecule has 12 aromatic rings. The summed E-state index contributed by atoms with van der Waals surface area (Å²) < 4.78 is 17.6. The van der Waals surface area contributed by atoms with E-state index in [1.807, 2.05) is 0 Å². The van der Waals surface area contributed by atoms with Gasteiger partial charge in [0.2, 0.25) is 0 Å². The van der Waals surface area contributed by atoms with E-state index in [1.165, 1.54) is 180 Å². The van der Waals surface area contributed by atoms with Crippen molar-refractivity contribution in [3.05, 3.63) is 0 Å². The summed E-state index contributed by atoms with van der Waals surface area (Å²) in [5, 5.41) is 7.16. The van der Waals surface area contributed by atoms with Crippen molar-refractivity contribution in [2.45, 2.75) is 0 Å². The zero-order valence-corrected chi connectivity index (χ0v) is 58.1. The minimum absolute atomic E-state index is 0.632. The Bertz CT molecular complexity index is 5250. The second kappa shape index (κ2) is 20.8. The molecule has 0 amide bonds. The minimum atomic E-state index is 0.632. The summed E-state index contributed by atoms with van der Waals surface area (Å²) in [6, 6.07) is 0. The number of benzene rings is 8. The van der Waals surface area contributed by atoms with Gasteiger partial charge in [-0.1, -0.05) is 115 Å². The van der Waals surface area contributed by atoms with Crippen molar-refractivity contribution in [1.82, 2.24) is 19.5 Å². The van der Waals surface area contributed by atoms with Crippen LogP contribution in [0.3, 0.4) is 0 Å². The van der Waals surface area contributed by atoms with Crippen molar-refractivity contribution in [2.24, 2.45) is 0 Å². The van der Waals surface area contributed by atoms with Gasteiger partial charge < -0.3 is 13.4 Å². The standard InChI is InChI=1S/C51H60B30N4O2/c52-12-2(3-13(53)25(65)33(73)26(66)14(3)54)15(55)37(77)42-4(12)5-16(56)27(67)35(75)38(78)43(5)85(42)44-39(79)31(71)18(58)6-1-9(20(60)32(72)40(80)45(1)87-48(6)44)49-82-50(10-22(62)29(69)34(74)30(70)23(10)63)84-51(83-49)11-21(61)17(57)7-8-19(59)28(68)36(76)41(81)47(8)86-46(7)24(11)64/h52-81H2. The average Bonchev–Trinajstić information content (AvgIpc) is 1.57. The van der Waals surface area contributed by atoms with E-state index in [1.54, 1.807) is 0 Å². The molecule has 12 rings (SSSR count). The molecule has 4 aromatic heterocycles. The second-order valence-corrected chi connectivity index (χ2v) is 27.1. The van der Waals surface area contributed by atoms with E-state index >= 15 is 0 Å². The lowest BCUT2D eigenvalue weighted by Crippen LogP contribution is -2.56. The molecule has 0 fully saturated rings. The van der Waals surface area contributed by atoms with Crippen molar-refractivity contribution >= 4 is 465 Å². The van der Waals surface area contributed by atoms with E-state index in [2.05, 4.69) is 240 Å². The van der Waals surface area contributed by atoms with Crippen molar-refractivity contribution in [3.63, 3.8) is 0 Å². The van der Waals surface area contributed by atoms with Crippen molar-refractivity contribution in [1.29, 1.82) is 0 Å². The Hall–Kier alpha value is -5.88. The molecule has 0 spiro atoms. The zero-order valence-electron chi connectivity index (χ0n) is 58.1. The van der Waals surface area contributed by atoms with Gasteiger partial charge >= 0.3 is 0 Å². The molecule has 0 atom stereocenters. The van der Waals surface area contributed by atoms with E-state index in [4.69, 9.17) is 23.8 Å². The van der Waals surface area contributed by atoms with E-state index in [0.717, 1.165) is 82.8 Å². The quantitative estimate of drug-likeness (QED) is 0.161. The largest absolute Gasteiger partial charge is 0.457 e.